The number of hydrogen-bond acceptors (Lipinski definition) is 4. The molecule has 126 valence electrons. The van der Waals surface area contributed by atoms with Gasteiger partial charge in [-0.15, -0.1) is 0 Å². The Bertz CT molecular complexity index is 841. The molecule has 0 aliphatic carbocycles. The molecule has 3 rings (SSSR count). The quantitative estimate of drug-likeness (QED) is 0.880. The van der Waals surface area contributed by atoms with E-state index in [1.54, 1.807) is 18.0 Å². The SMILES string of the molecule is Cc1[nH]c(=O)[nH]c(=O)c1CC(=O)N1CCCC[C@H]1c1ccccn1. The number of carbonyl (C=O) groups is 1. The minimum absolute atomic E-state index is 0.0265. The molecule has 1 atom stereocenters. The monoisotopic (exact) mass is 328 g/mol. The first kappa shape index (κ1) is 16.2. The van der Waals surface area contributed by atoms with Gasteiger partial charge >= 0.3 is 5.69 Å². The van der Waals surface area contributed by atoms with Crippen LogP contribution in [0.3, 0.4) is 0 Å². The molecule has 2 aromatic heterocycles. The molecule has 2 aromatic rings. The minimum Gasteiger partial charge on any atom is -0.334 e. The summed E-state index contributed by atoms with van der Waals surface area (Å²) in [6, 6.07) is 5.63. The van der Waals surface area contributed by atoms with E-state index in [-0.39, 0.29) is 18.4 Å². The summed E-state index contributed by atoms with van der Waals surface area (Å²) in [6.45, 7) is 2.28. The number of H-pyrrole nitrogens is 2. The van der Waals surface area contributed by atoms with Crippen LogP contribution in [0.4, 0.5) is 0 Å². The van der Waals surface area contributed by atoms with Crippen LogP contribution in [0.1, 0.15) is 42.3 Å². The highest BCUT2D eigenvalue weighted by molar-refractivity contribution is 5.79. The van der Waals surface area contributed by atoms with Gasteiger partial charge < -0.3 is 9.88 Å². The number of piperidine rings is 1. The Labute approximate surface area is 138 Å². The third kappa shape index (κ3) is 3.29. The minimum atomic E-state index is -0.557. The van der Waals surface area contributed by atoms with E-state index in [4.69, 9.17) is 0 Å². The maximum atomic E-state index is 12.8. The summed E-state index contributed by atoms with van der Waals surface area (Å²) in [7, 11) is 0. The molecule has 1 fully saturated rings. The predicted molar refractivity (Wildman–Crippen MR) is 88.7 cm³/mol. The first-order valence-corrected chi connectivity index (χ1v) is 8.08. The van der Waals surface area contributed by atoms with Crippen LogP contribution < -0.4 is 11.2 Å². The summed E-state index contributed by atoms with van der Waals surface area (Å²) in [6.07, 6.45) is 4.55. The molecule has 0 unspecified atom stereocenters. The van der Waals surface area contributed by atoms with Crippen molar-refractivity contribution in [1.82, 2.24) is 19.9 Å². The number of rotatable bonds is 3. The van der Waals surface area contributed by atoms with Crippen molar-refractivity contribution >= 4 is 5.91 Å². The fourth-order valence-electron chi connectivity index (χ4n) is 3.20. The zero-order chi connectivity index (χ0) is 17.1. The lowest BCUT2D eigenvalue weighted by molar-refractivity contribution is -0.134. The van der Waals surface area contributed by atoms with Crippen LogP contribution in [-0.2, 0) is 11.2 Å². The van der Waals surface area contributed by atoms with Gasteiger partial charge in [-0.05, 0) is 38.3 Å². The summed E-state index contributed by atoms with van der Waals surface area (Å²) in [5.74, 6) is -0.119. The van der Waals surface area contributed by atoms with Gasteiger partial charge in [-0.1, -0.05) is 6.07 Å². The summed E-state index contributed by atoms with van der Waals surface area (Å²) in [5, 5.41) is 0. The molecule has 1 amide bonds. The van der Waals surface area contributed by atoms with Gasteiger partial charge in [0.15, 0.2) is 0 Å². The normalized spacial score (nSPS) is 17.7. The first-order valence-electron chi connectivity index (χ1n) is 8.08. The Hall–Kier alpha value is -2.70. The molecular formula is C17H20N4O3. The van der Waals surface area contributed by atoms with Crippen LogP contribution in [-0.4, -0.2) is 32.3 Å². The van der Waals surface area contributed by atoms with Crippen LogP contribution in [0.15, 0.2) is 34.0 Å². The van der Waals surface area contributed by atoms with Crippen LogP contribution in [0.2, 0.25) is 0 Å². The second-order valence-corrected chi connectivity index (χ2v) is 6.04. The van der Waals surface area contributed by atoms with Crippen molar-refractivity contribution in [3.63, 3.8) is 0 Å². The maximum absolute atomic E-state index is 12.8. The van der Waals surface area contributed by atoms with Crippen molar-refractivity contribution in [2.24, 2.45) is 0 Å². The third-order valence-electron chi connectivity index (χ3n) is 4.44. The van der Waals surface area contributed by atoms with Crippen molar-refractivity contribution in [1.29, 1.82) is 0 Å². The Balaban J connectivity index is 1.85. The number of hydrogen-bond donors (Lipinski definition) is 2. The molecule has 3 heterocycles. The number of aromatic amines is 2. The number of likely N-dealkylation sites (tertiary alicyclic amines) is 1. The lowest BCUT2D eigenvalue weighted by atomic mass is 9.97. The van der Waals surface area contributed by atoms with Crippen LogP contribution in [0, 0.1) is 6.92 Å². The number of amides is 1. The molecule has 0 aromatic carbocycles. The van der Waals surface area contributed by atoms with Crippen molar-refractivity contribution < 1.29 is 4.79 Å². The Morgan fingerprint density at radius 2 is 2.12 bits per heavy atom. The number of aromatic nitrogens is 3. The molecule has 1 aliphatic rings. The Morgan fingerprint density at radius 3 is 2.83 bits per heavy atom. The zero-order valence-electron chi connectivity index (χ0n) is 13.5. The largest absolute Gasteiger partial charge is 0.334 e. The second-order valence-electron chi connectivity index (χ2n) is 6.04. The van der Waals surface area contributed by atoms with E-state index in [1.165, 1.54) is 0 Å². The average Bonchev–Trinajstić information content (AvgIpc) is 2.58. The molecule has 0 radical (unpaired) electrons. The van der Waals surface area contributed by atoms with Gasteiger partial charge in [0.2, 0.25) is 5.91 Å². The van der Waals surface area contributed by atoms with E-state index in [2.05, 4.69) is 15.0 Å². The van der Waals surface area contributed by atoms with Gasteiger partial charge in [-0.2, -0.15) is 0 Å². The van der Waals surface area contributed by atoms with E-state index >= 15 is 0 Å². The van der Waals surface area contributed by atoms with Crippen molar-refractivity contribution in [2.75, 3.05) is 6.54 Å². The van der Waals surface area contributed by atoms with E-state index in [0.29, 0.717) is 17.8 Å². The van der Waals surface area contributed by atoms with Crippen LogP contribution in [0.5, 0.6) is 0 Å². The average molecular weight is 328 g/mol. The molecule has 1 saturated heterocycles. The van der Waals surface area contributed by atoms with E-state index in [1.807, 2.05) is 18.2 Å². The van der Waals surface area contributed by atoms with Crippen molar-refractivity contribution in [3.8, 4) is 0 Å². The molecule has 7 heteroatoms. The number of carbonyl (C=O) groups excluding carboxylic acids is 1. The molecule has 1 aliphatic heterocycles. The molecule has 0 bridgehead atoms. The van der Waals surface area contributed by atoms with Crippen molar-refractivity contribution in [3.05, 3.63) is 62.2 Å². The van der Waals surface area contributed by atoms with E-state index in [9.17, 15) is 14.4 Å². The Morgan fingerprint density at radius 1 is 1.29 bits per heavy atom. The number of pyridine rings is 1. The molecular weight excluding hydrogens is 308 g/mol. The summed E-state index contributed by atoms with van der Waals surface area (Å²) in [4.78, 5) is 46.9. The third-order valence-corrected chi connectivity index (χ3v) is 4.44. The fourth-order valence-corrected chi connectivity index (χ4v) is 3.20. The van der Waals surface area contributed by atoms with Gasteiger partial charge in [0, 0.05) is 24.0 Å². The molecule has 0 saturated carbocycles. The van der Waals surface area contributed by atoms with Crippen LogP contribution in [0.25, 0.3) is 0 Å². The highest BCUT2D eigenvalue weighted by Crippen LogP contribution is 2.30. The summed E-state index contributed by atoms with van der Waals surface area (Å²) >= 11 is 0. The van der Waals surface area contributed by atoms with Crippen LogP contribution >= 0.6 is 0 Å². The van der Waals surface area contributed by atoms with E-state index in [0.717, 1.165) is 25.0 Å². The highest BCUT2D eigenvalue weighted by atomic mass is 16.2. The maximum Gasteiger partial charge on any atom is 0.325 e. The molecule has 2 N–H and O–H groups in total. The standard InChI is InChI=1S/C17H20N4O3/c1-11-12(16(23)20-17(24)19-11)10-15(22)21-9-5-3-7-14(21)13-6-2-4-8-18-13/h2,4,6,8,14H,3,5,7,9-10H2,1H3,(H2,19,20,23,24)/t14-/m0/s1. The fraction of sp³-hybridized carbons (Fsp3) is 0.412. The molecule has 24 heavy (non-hydrogen) atoms. The zero-order valence-corrected chi connectivity index (χ0v) is 13.5. The smallest absolute Gasteiger partial charge is 0.325 e. The lowest BCUT2D eigenvalue weighted by Crippen LogP contribution is -2.41. The Kier molecular flexibility index (Phi) is 4.59. The topological polar surface area (TPSA) is 98.9 Å². The first-order chi connectivity index (χ1) is 11.6. The molecule has 7 nitrogen and oxygen atoms in total. The number of nitrogens with one attached hydrogen (secondary N) is 2. The summed E-state index contributed by atoms with van der Waals surface area (Å²) < 4.78 is 0. The highest BCUT2D eigenvalue weighted by Gasteiger charge is 2.29. The van der Waals surface area contributed by atoms with Crippen molar-refractivity contribution in [2.45, 2.75) is 38.6 Å². The van der Waals surface area contributed by atoms with E-state index < -0.39 is 11.2 Å². The molecule has 0 spiro atoms. The van der Waals surface area contributed by atoms with Gasteiger partial charge in [-0.3, -0.25) is 19.6 Å². The lowest BCUT2D eigenvalue weighted by Gasteiger charge is -2.35. The van der Waals surface area contributed by atoms with Gasteiger partial charge in [0.25, 0.3) is 5.56 Å². The van der Waals surface area contributed by atoms with Gasteiger partial charge in [0.1, 0.15) is 0 Å². The number of aryl methyl sites for hydroxylation is 1. The predicted octanol–water partition coefficient (Wildman–Crippen LogP) is 1.06. The second kappa shape index (κ2) is 6.82. The summed E-state index contributed by atoms with van der Waals surface area (Å²) in [5.41, 5.74) is 0.556. The van der Waals surface area contributed by atoms with Gasteiger partial charge in [-0.25, -0.2) is 4.79 Å². The van der Waals surface area contributed by atoms with Gasteiger partial charge in [0.05, 0.1) is 18.2 Å². The number of nitrogens with zero attached hydrogens (tertiary/aromatic N) is 2.